The van der Waals surface area contributed by atoms with Crippen molar-refractivity contribution in [2.24, 2.45) is 0 Å². The van der Waals surface area contributed by atoms with Gasteiger partial charge in [0.05, 0.1) is 11.0 Å². The maximum absolute atomic E-state index is 6.85. The Bertz CT molecular complexity index is 4100. The fraction of sp³-hybridized carbons (Fsp3) is 0.0794. The van der Waals surface area contributed by atoms with Crippen LogP contribution in [0.2, 0.25) is 0 Å². The van der Waals surface area contributed by atoms with E-state index in [0.717, 1.165) is 95.2 Å². The minimum atomic E-state index is 0.304. The van der Waals surface area contributed by atoms with Crippen molar-refractivity contribution >= 4 is 65.8 Å². The molecule has 4 aromatic heterocycles. The molecule has 4 heterocycles. The lowest BCUT2D eigenvalue weighted by molar-refractivity contribution is 0.667. The third-order valence-corrected chi connectivity index (χ3v) is 14.1. The molecule has 0 fully saturated rings. The Morgan fingerprint density at radius 2 is 1.13 bits per heavy atom. The topological polar surface area (TPSA) is 57.0 Å². The van der Waals surface area contributed by atoms with E-state index in [1.807, 2.05) is 30.3 Å². The third kappa shape index (κ3) is 6.30. The predicted molar refractivity (Wildman–Crippen MR) is 282 cm³/mol. The largest absolute Gasteiger partial charge is 0.456 e. The van der Waals surface area contributed by atoms with E-state index in [-0.39, 0.29) is 0 Å². The van der Waals surface area contributed by atoms with Gasteiger partial charge >= 0.3 is 0 Å². The lowest BCUT2D eigenvalue weighted by Gasteiger charge is -2.21. The fourth-order valence-electron chi connectivity index (χ4n) is 10.6. The van der Waals surface area contributed by atoms with Crippen LogP contribution in [0.15, 0.2) is 209 Å². The molecule has 68 heavy (non-hydrogen) atoms. The van der Waals surface area contributed by atoms with Gasteiger partial charge in [-0.3, -0.25) is 0 Å². The minimum Gasteiger partial charge on any atom is -0.456 e. The number of hydrogen-bond donors (Lipinski definition) is 0. The third-order valence-electron chi connectivity index (χ3n) is 14.1. The highest BCUT2D eigenvalue weighted by molar-refractivity contribution is 6.16. The average molecular weight is 876 g/mol. The Hall–Kier alpha value is -8.54. The molecule has 5 nitrogen and oxygen atoms in total. The van der Waals surface area contributed by atoms with Crippen LogP contribution in [0.4, 0.5) is 0 Å². The molecule has 1 atom stereocenters. The normalized spacial score (nSPS) is 12.3. The van der Waals surface area contributed by atoms with Crippen molar-refractivity contribution in [3.05, 3.63) is 211 Å². The molecule has 5 heteroatoms. The van der Waals surface area contributed by atoms with Crippen LogP contribution in [0.1, 0.15) is 37.3 Å². The Labute approximate surface area is 393 Å². The van der Waals surface area contributed by atoms with E-state index in [2.05, 4.69) is 195 Å². The average Bonchev–Trinajstić information content (AvgIpc) is 4.08. The van der Waals surface area contributed by atoms with Crippen LogP contribution in [0.5, 0.6) is 0 Å². The Kier molecular flexibility index (Phi) is 9.26. The second kappa shape index (κ2) is 15.8. The summed E-state index contributed by atoms with van der Waals surface area (Å²) in [6.07, 6.45) is 0.999. The molecule has 13 rings (SSSR count). The summed E-state index contributed by atoms with van der Waals surface area (Å²) < 4.78 is 15.7. The van der Waals surface area contributed by atoms with Crippen molar-refractivity contribution in [1.82, 2.24) is 14.5 Å². The van der Waals surface area contributed by atoms with Gasteiger partial charge in [-0.25, -0.2) is 9.97 Å². The first-order valence-electron chi connectivity index (χ1n) is 23.5. The lowest BCUT2D eigenvalue weighted by atomic mass is 9.84. The highest BCUT2D eigenvalue weighted by Crippen LogP contribution is 2.46. The van der Waals surface area contributed by atoms with Gasteiger partial charge in [-0.1, -0.05) is 153 Å². The molecule has 324 valence electrons. The molecule has 0 aliphatic carbocycles. The van der Waals surface area contributed by atoms with E-state index in [0.29, 0.717) is 17.3 Å². The Morgan fingerprint density at radius 1 is 0.485 bits per heavy atom. The highest BCUT2D eigenvalue weighted by atomic mass is 16.3. The molecule has 0 amide bonds. The number of nitrogens with zero attached hydrogens (tertiary/aromatic N) is 3. The van der Waals surface area contributed by atoms with Crippen LogP contribution in [-0.2, 0) is 0 Å². The zero-order valence-corrected chi connectivity index (χ0v) is 38.0. The van der Waals surface area contributed by atoms with Crippen LogP contribution in [0.3, 0.4) is 0 Å². The molecular formula is C63H45N3O2. The number of rotatable bonds is 8. The molecule has 0 saturated heterocycles. The van der Waals surface area contributed by atoms with Crippen LogP contribution < -0.4 is 0 Å². The predicted octanol–water partition coefficient (Wildman–Crippen LogP) is 17.5. The number of aryl methyl sites for hydroxylation is 1. The smallest absolute Gasteiger partial charge is 0.180 e. The summed E-state index contributed by atoms with van der Waals surface area (Å²) in [5.74, 6) is 0.942. The van der Waals surface area contributed by atoms with Crippen LogP contribution in [-0.4, -0.2) is 14.5 Å². The van der Waals surface area contributed by atoms with Crippen molar-refractivity contribution in [3.8, 4) is 61.7 Å². The van der Waals surface area contributed by atoms with Crippen LogP contribution >= 0.6 is 0 Å². The van der Waals surface area contributed by atoms with E-state index >= 15 is 0 Å². The van der Waals surface area contributed by atoms with E-state index in [4.69, 9.17) is 18.8 Å². The van der Waals surface area contributed by atoms with Gasteiger partial charge in [0.25, 0.3) is 0 Å². The molecule has 9 aromatic carbocycles. The Balaban J connectivity index is 1.05. The summed E-state index contributed by atoms with van der Waals surface area (Å²) in [5, 5.41) is 5.43. The molecule has 0 radical (unpaired) electrons. The second-order valence-corrected chi connectivity index (χ2v) is 18.1. The first-order valence-corrected chi connectivity index (χ1v) is 23.5. The van der Waals surface area contributed by atoms with Crippen LogP contribution in [0, 0.1) is 6.92 Å². The lowest BCUT2D eigenvalue weighted by Crippen LogP contribution is -2.01. The molecule has 0 N–H and O–H groups in total. The van der Waals surface area contributed by atoms with E-state index in [9.17, 15) is 0 Å². The van der Waals surface area contributed by atoms with Crippen molar-refractivity contribution in [2.45, 2.75) is 33.1 Å². The molecule has 1 unspecified atom stereocenters. The summed E-state index contributed by atoms with van der Waals surface area (Å²) in [6.45, 7) is 6.82. The van der Waals surface area contributed by atoms with E-state index in [1.54, 1.807) is 0 Å². The van der Waals surface area contributed by atoms with Crippen molar-refractivity contribution in [3.63, 3.8) is 0 Å². The van der Waals surface area contributed by atoms with Crippen molar-refractivity contribution in [2.75, 3.05) is 0 Å². The van der Waals surface area contributed by atoms with Gasteiger partial charge in [0.2, 0.25) is 0 Å². The molecular weight excluding hydrogens is 831 g/mol. The fourth-order valence-corrected chi connectivity index (χ4v) is 10.6. The molecule has 0 saturated carbocycles. The highest BCUT2D eigenvalue weighted by Gasteiger charge is 2.25. The summed E-state index contributed by atoms with van der Waals surface area (Å²) >= 11 is 0. The first kappa shape index (κ1) is 39.8. The number of aromatic nitrogens is 3. The summed E-state index contributed by atoms with van der Waals surface area (Å²) in [4.78, 5) is 11.1. The monoisotopic (exact) mass is 875 g/mol. The van der Waals surface area contributed by atoms with Gasteiger partial charge in [-0.05, 0) is 124 Å². The van der Waals surface area contributed by atoms with Gasteiger partial charge < -0.3 is 13.4 Å². The number of para-hydroxylation sites is 3. The summed E-state index contributed by atoms with van der Waals surface area (Å²) in [5.41, 5.74) is 19.3. The van der Waals surface area contributed by atoms with Gasteiger partial charge in [0, 0.05) is 43.7 Å². The van der Waals surface area contributed by atoms with Crippen LogP contribution in [0.25, 0.3) is 128 Å². The van der Waals surface area contributed by atoms with Gasteiger partial charge in [0.15, 0.2) is 11.4 Å². The maximum Gasteiger partial charge on any atom is 0.180 e. The molecule has 0 aliphatic heterocycles. The number of furan rings is 2. The zero-order valence-electron chi connectivity index (χ0n) is 38.0. The SMILES string of the molecule is CCC(C)c1ccc(-c2ccc3c(c2)c2ccccc2n3-c2ccccc2)cc1-c1c(C)cccc1-c1nc(-c2cccc3oc4ccccc4c23)c2oc3ccc(-c4ccccc4)cc3c2n1. The number of hydrogen-bond acceptors (Lipinski definition) is 4. The summed E-state index contributed by atoms with van der Waals surface area (Å²) in [7, 11) is 0. The summed E-state index contributed by atoms with van der Waals surface area (Å²) in [6, 6.07) is 71.2. The van der Waals surface area contributed by atoms with Crippen molar-refractivity contribution < 1.29 is 8.83 Å². The molecule has 13 aromatic rings. The maximum atomic E-state index is 6.85. The van der Waals surface area contributed by atoms with E-state index < -0.39 is 0 Å². The Morgan fingerprint density at radius 3 is 1.99 bits per heavy atom. The number of benzene rings is 9. The zero-order chi connectivity index (χ0) is 45.5. The quantitative estimate of drug-likeness (QED) is 0.153. The molecule has 0 bridgehead atoms. The molecule has 0 spiro atoms. The first-order chi connectivity index (χ1) is 33.5. The van der Waals surface area contributed by atoms with Gasteiger partial charge in [0.1, 0.15) is 28.0 Å². The number of fused-ring (bicyclic) bond motifs is 9. The molecule has 0 aliphatic rings. The van der Waals surface area contributed by atoms with Gasteiger partial charge in [-0.2, -0.15) is 0 Å². The second-order valence-electron chi connectivity index (χ2n) is 18.1. The standard InChI is InChI=1S/C63H45N3O2/c1-4-38(2)45-32-29-42(43-30-33-54-50(35-43)46-22-11-13-26-53(46)66(54)44-20-9-6-10-21-44)36-51(45)58-39(3)17-15-25-49(58)63-64-60(48-24-16-28-57-59(48)47-23-12-14-27-55(47)67-57)62-61(65-63)52-37-41(31-34-56(52)68-62)40-18-7-5-8-19-40/h5-38H,4H2,1-3H3. The van der Waals surface area contributed by atoms with Crippen molar-refractivity contribution in [1.29, 1.82) is 0 Å². The van der Waals surface area contributed by atoms with Gasteiger partial charge in [-0.15, -0.1) is 0 Å². The van der Waals surface area contributed by atoms with E-state index in [1.165, 1.54) is 38.5 Å². The minimum absolute atomic E-state index is 0.304.